The first kappa shape index (κ1) is 66.1. The molecule has 0 amide bonds. The molecule has 10 fully saturated rings. The predicted octanol–water partition coefficient (Wildman–Crippen LogP) is 14.3. The first-order valence-electron chi connectivity index (χ1n) is 36.6. The SMILES string of the molecule is CCC(C)(O)CCCCOC(=O)C1CC2C=CC1C2.CCC(C)(O)CCCCOC(=O)CCC1CC2CC1C1C3C=CC(C3)C21.O=C(OCCCC1(O)CCCC1)C1CC2C=CC1C2.O=C(OCCCC1(O)CCCC1)C1CC2CC1C1C3C=CC(C3)C21. The van der Waals surface area contributed by atoms with Crippen molar-refractivity contribution < 1.29 is 58.6 Å². The van der Waals surface area contributed by atoms with Gasteiger partial charge in [0.2, 0.25) is 0 Å². The Labute approximate surface area is 529 Å². The maximum atomic E-state index is 12.6. The molecule has 4 N–H and O–H groups in total. The lowest BCUT2D eigenvalue weighted by Gasteiger charge is -2.36. The summed E-state index contributed by atoms with van der Waals surface area (Å²) in [4.78, 5) is 48.6. The molecular formula is C76H116O12. The molecule has 492 valence electrons. The number of hydrogen-bond acceptors (Lipinski definition) is 12. The van der Waals surface area contributed by atoms with Gasteiger partial charge in [-0.15, -0.1) is 0 Å². The van der Waals surface area contributed by atoms with Crippen molar-refractivity contribution in [1.82, 2.24) is 0 Å². The molecule has 22 unspecified atom stereocenters. The Bertz CT molecular complexity index is 2480. The summed E-state index contributed by atoms with van der Waals surface area (Å²) >= 11 is 0. The number of rotatable bonds is 26. The van der Waals surface area contributed by atoms with Gasteiger partial charge in [0, 0.05) is 6.42 Å². The van der Waals surface area contributed by atoms with Gasteiger partial charge in [-0.1, -0.05) is 88.1 Å². The molecule has 0 aromatic carbocycles. The Morgan fingerprint density at radius 1 is 0.443 bits per heavy atom. The van der Waals surface area contributed by atoms with Crippen LogP contribution in [0.4, 0.5) is 0 Å². The monoisotopic (exact) mass is 1220 g/mol. The minimum absolute atomic E-state index is 0.0144. The fourth-order valence-electron chi connectivity index (χ4n) is 21.2. The highest BCUT2D eigenvalue weighted by atomic mass is 16.5. The van der Waals surface area contributed by atoms with E-state index in [1.54, 1.807) is 0 Å². The van der Waals surface area contributed by atoms with Gasteiger partial charge in [-0.05, 0) is 288 Å². The Kier molecular flexibility index (Phi) is 21.7. The molecule has 14 aliphatic rings. The van der Waals surface area contributed by atoms with Crippen LogP contribution in [0.1, 0.15) is 233 Å². The highest BCUT2D eigenvalue weighted by molar-refractivity contribution is 5.75. The average Bonchev–Trinajstić information content (AvgIpc) is 4.52. The lowest BCUT2D eigenvalue weighted by Crippen LogP contribution is -2.35. The van der Waals surface area contributed by atoms with Gasteiger partial charge >= 0.3 is 23.9 Å². The standard InChI is InChI=1S/C23H36O3.C21H30O3.C16H24O3.C16H26O3/c1-3-23(2,25)10-4-5-11-26-20(24)9-8-15-12-18-14-19(15)22-17-7-6-16(13-17)21(18)22;22-20(24-9-3-8-21(23)6-1-2-7-21)17-12-15-11-16(17)19-14-5-4-13(10-14)18(15)19;17-15(14-11-12-4-5-13(14)10-12)19-9-3-8-16(18)6-1-2-7-16;1-3-16(2,18)8-4-5-9-19-15(17)14-11-12-6-7-13(14)10-12/h6-7,15-19,21-22,25H,3-5,8-14H2,1-2H3;4-5,13-19,23H,1-3,6-12H2;4-5,12-14,18H,1-3,6-11H2;6-7,12-14,18H,3-5,8-11H2,1-2H3. The Morgan fingerprint density at radius 2 is 0.852 bits per heavy atom. The van der Waals surface area contributed by atoms with E-state index in [9.17, 15) is 39.6 Å². The van der Waals surface area contributed by atoms with E-state index in [2.05, 4.69) is 48.6 Å². The van der Waals surface area contributed by atoms with Crippen LogP contribution in [-0.2, 0) is 38.1 Å². The van der Waals surface area contributed by atoms with Crippen LogP contribution in [0.5, 0.6) is 0 Å². The second-order valence-corrected chi connectivity index (χ2v) is 32.1. The van der Waals surface area contributed by atoms with Gasteiger partial charge in [-0.2, -0.15) is 0 Å². The molecule has 14 aliphatic carbocycles. The number of carbonyl (C=O) groups excluding carboxylic acids is 4. The zero-order valence-corrected chi connectivity index (χ0v) is 54.7. The third-order valence-corrected chi connectivity index (χ3v) is 26.2. The molecule has 22 atom stereocenters. The van der Waals surface area contributed by atoms with Crippen LogP contribution in [0.3, 0.4) is 0 Å². The summed E-state index contributed by atoms with van der Waals surface area (Å²) in [6.45, 7) is 9.71. The molecular weight excluding hydrogens is 1100 g/mol. The number of unbranched alkanes of at least 4 members (excludes halogenated alkanes) is 2. The maximum Gasteiger partial charge on any atom is 0.309 e. The Morgan fingerprint density at radius 3 is 1.31 bits per heavy atom. The fraction of sp³-hybridized carbons (Fsp3) is 0.842. The minimum Gasteiger partial charge on any atom is -0.466 e. The number of ether oxygens (including phenoxy) is 4. The molecule has 0 heterocycles. The molecule has 0 radical (unpaired) electrons. The molecule has 0 spiro atoms. The molecule has 12 heteroatoms. The Hall–Kier alpha value is -3.32. The number of allylic oxidation sites excluding steroid dienone is 8. The summed E-state index contributed by atoms with van der Waals surface area (Å²) in [5.41, 5.74) is -2.08. The topological polar surface area (TPSA) is 186 Å². The molecule has 0 aliphatic heterocycles. The van der Waals surface area contributed by atoms with E-state index in [-0.39, 0.29) is 41.6 Å². The molecule has 0 saturated heterocycles. The van der Waals surface area contributed by atoms with Gasteiger partial charge in [0.1, 0.15) is 0 Å². The maximum absolute atomic E-state index is 12.6. The van der Waals surface area contributed by atoms with Gasteiger partial charge in [0.25, 0.3) is 0 Å². The van der Waals surface area contributed by atoms with Gasteiger partial charge in [-0.25, -0.2) is 0 Å². The molecule has 88 heavy (non-hydrogen) atoms. The minimum atomic E-state index is -0.571. The van der Waals surface area contributed by atoms with E-state index < -0.39 is 22.4 Å². The molecule has 14 rings (SSSR count). The lowest BCUT2D eigenvalue weighted by molar-refractivity contribution is -0.152. The number of esters is 4. The van der Waals surface area contributed by atoms with Gasteiger partial charge in [0.05, 0.1) is 66.6 Å². The van der Waals surface area contributed by atoms with Crippen LogP contribution in [-0.4, -0.2) is 93.1 Å². The summed E-state index contributed by atoms with van der Waals surface area (Å²) in [5, 5.41) is 40.4. The predicted molar refractivity (Wildman–Crippen MR) is 340 cm³/mol. The van der Waals surface area contributed by atoms with Crippen LogP contribution in [0.25, 0.3) is 0 Å². The molecule has 12 nitrogen and oxygen atoms in total. The van der Waals surface area contributed by atoms with Crippen molar-refractivity contribution in [3.63, 3.8) is 0 Å². The van der Waals surface area contributed by atoms with E-state index in [1.807, 2.05) is 27.7 Å². The number of fused-ring (bicyclic) bond motifs is 22. The van der Waals surface area contributed by atoms with Gasteiger partial charge in [-0.3, -0.25) is 19.2 Å². The molecule has 12 bridgehead atoms. The zero-order chi connectivity index (χ0) is 61.8. The van der Waals surface area contributed by atoms with Crippen LogP contribution in [0.15, 0.2) is 48.6 Å². The van der Waals surface area contributed by atoms with E-state index in [0.29, 0.717) is 62.4 Å². The highest BCUT2D eigenvalue weighted by Gasteiger charge is 2.63. The van der Waals surface area contributed by atoms with Crippen molar-refractivity contribution in [2.24, 2.45) is 118 Å². The van der Waals surface area contributed by atoms with E-state index >= 15 is 0 Å². The first-order valence-corrected chi connectivity index (χ1v) is 36.6. The summed E-state index contributed by atoms with van der Waals surface area (Å²) in [7, 11) is 0. The van der Waals surface area contributed by atoms with Gasteiger partial charge < -0.3 is 39.4 Å². The Balaban J connectivity index is 0.000000122. The van der Waals surface area contributed by atoms with Crippen LogP contribution >= 0.6 is 0 Å². The zero-order valence-electron chi connectivity index (χ0n) is 54.7. The third kappa shape index (κ3) is 15.7. The molecule has 10 saturated carbocycles. The quantitative estimate of drug-likeness (QED) is 0.0211. The van der Waals surface area contributed by atoms with Crippen molar-refractivity contribution in [2.75, 3.05) is 26.4 Å². The van der Waals surface area contributed by atoms with Crippen molar-refractivity contribution in [3.8, 4) is 0 Å². The summed E-state index contributed by atoms with van der Waals surface area (Å²) in [5.74, 6) is 13.3. The van der Waals surface area contributed by atoms with E-state index in [1.165, 1.54) is 32.1 Å². The summed E-state index contributed by atoms with van der Waals surface area (Å²) < 4.78 is 21.9. The van der Waals surface area contributed by atoms with Gasteiger partial charge in [0.15, 0.2) is 0 Å². The second kappa shape index (κ2) is 28.9. The second-order valence-electron chi connectivity index (χ2n) is 32.1. The largest absolute Gasteiger partial charge is 0.466 e. The lowest BCUT2D eigenvalue weighted by atomic mass is 9.68. The highest BCUT2D eigenvalue weighted by Crippen LogP contribution is 2.68. The van der Waals surface area contributed by atoms with Crippen LogP contribution in [0.2, 0.25) is 0 Å². The van der Waals surface area contributed by atoms with E-state index in [0.717, 1.165) is 238 Å². The van der Waals surface area contributed by atoms with Crippen molar-refractivity contribution in [1.29, 1.82) is 0 Å². The normalized spacial score (nSPS) is 39.3. The molecule has 0 aromatic heterocycles. The summed E-state index contributed by atoms with van der Waals surface area (Å²) in [6, 6.07) is 0. The van der Waals surface area contributed by atoms with E-state index in [4.69, 9.17) is 18.9 Å². The van der Waals surface area contributed by atoms with Crippen molar-refractivity contribution >= 4 is 23.9 Å². The van der Waals surface area contributed by atoms with Crippen molar-refractivity contribution in [2.45, 2.75) is 256 Å². The van der Waals surface area contributed by atoms with Crippen molar-refractivity contribution in [3.05, 3.63) is 48.6 Å². The average molecular weight is 1220 g/mol. The fourth-order valence-corrected chi connectivity index (χ4v) is 21.2. The van der Waals surface area contributed by atoms with Crippen LogP contribution in [0, 0.1) is 118 Å². The summed E-state index contributed by atoms with van der Waals surface area (Å²) in [6.07, 6.45) is 50.5. The molecule has 0 aromatic rings. The number of hydrogen-bond donors (Lipinski definition) is 4. The third-order valence-electron chi connectivity index (χ3n) is 26.2. The smallest absolute Gasteiger partial charge is 0.309 e. The number of carbonyl (C=O) groups is 4. The number of aliphatic hydroxyl groups is 4. The van der Waals surface area contributed by atoms with Crippen LogP contribution < -0.4 is 0 Å². The first-order chi connectivity index (χ1) is 42.3.